The Morgan fingerprint density at radius 3 is 1.14 bits per heavy atom. The van der Waals surface area contributed by atoms with E-state index in [-0.39, 0.29) is 75.0 Å². The van der Waals surface area contributed by atoms with Crippen LogP contribution in [0, 0.1) is 0 Å². The van der Waals surface area contributed by atoms with Gasteiger partial charge in [0.05, 0.1) is 0 Å². The van der Waals surface area contributed by atoms with E-state index < -0.39 is 7.82 Å². The molecule has 0 saturated heterocycles. The fourth-order valence-corrected chi connectivity index (χ4v) is 0. The SMILES string of the molecule is O=P([O-])([O-])[O-].[Na+].[Sr+2]. The summed E-state index contributed by atoms with van der Waals surface area (Å²) in [5, 5.41) is 0. The van der Waals surface area contributed by atoms with Crippen LogP contribution in [-0.4, -0.2) is 45.5 Å². The molecular weight excluding hydrogens is 206 g/mol. The van der Waals surface area contributed by atoms with E-state index >= 15 is 0 Å². The zero-order valence-electron chi connectivity index (χ0n) is 3.79. The summed E-state index contributed by atoms with van der Waals surface area (Å²) < 4.78 is 8.55. The van der Waals surface area contributed by atoms with E-state index in [0.29, 0.717) is 0 Å². The Hall–Kier alpha value is 2.59. The van der Waals surface area contributed by atoms with Gasteiger partial charge in [0, 0.05) is 0 Å². The Bertz CT molecular complexity index is 57.8. The van der Waals surface area contributed by atoms with E-state index in [2.05, 4.69) is 0 Å². The van der Waals surface area contributed by atoms with E-state index in [1.54, 1.807) is 0 Å². The molecule has 0 spiro atoms. The van der Waals surface area contributed by atoms with Crippen LogP contribution in [-0.2, 0) is 4.57 Å². The van der Waals surface area contributed by atoms with Crippen molar-refractivity contribution in [3.05, 3.63) is 0 Å². The van der Waals surface area contributed by atoms with Gasteiger partial charge >= 0.3 is 75.0 Å². The second-order valence-electron chi connectivity index (χ2n) is 0.447. The summed E-state index contributed by atoms with van der Waals surface area (Å²) >= 11 is 0. The monoisotopic (exact) mass is 206 g/mol. The summed E-state index contributed by atoms with van der Waals surface area (Å²) in [5.41, 5.74) is 0. The van der Waals surface area contributed by atoms with Crippen molar-refractivity contribution in [2.45, 2.75) is 0 Å². The second kappa shape index (κ2) is 6.71. The fraction of sp³-hybridized carbons (Fsp3) is 0. The van der Waals surface area contributed by atoms with Crippen LogP contribution < -0.4 is 44.2 Å². The minimum absolute atomic E-state index is 0. The Morgan fingerprint density at radius 2 is 1.14 bits per heavy atom. The van der Waals surface area contributed by atoms with Crippen molar-refractivity contribution in [3.8, 4) is 0 Å². The van der Waals surface area contributed by atoms with Gasteiger partial charge in [-0.1, -0.05) is 0 Å². The number of hydrogen-bond donors (Lipinski definition) is 0. The maximum atomic E-state index is 8.55. The third-order valence-electron chi connectivity index (χ3n) is 0. The molecule has 0 aliphatic heterocycles. The molecule has 0 saturated carbocycles. The average molecular weight is 206 g/mol. The standard InChI is InChI=1S/Na.H3O4P.Sr/c;1-5(2,3)4;/h;(H3,1,2,3,4);/q+1;;+2/p-3. The van der Waals surface area contributed by atoms with E-state index in [0.717, 1.165) is 0 Å². The molecule has 0 aromatic carbocycles. The maximum absolute atomic E-state index is 8.55. The molecular formula is NaO4PSr. The Morgan fingerprint density at radius 1 is 1.14 bits per heavy atom. The summed E-state index contributed by atoms with van der Waals surface area (Å²) in [7, 11) is -5.39. The molecule has 0 aliphatic carbocycles. The third-order valence-corrected chi connectivity index (χ3v) is 0. The van der Waals surface area contributed by atoms with Crippen molar-refractivity contribution in [3.63, 3.8) is 0 Å². The van der Waals surface area contributed by atoms with Crippen molar-refractivity contribution in [2.24, 2.45) is 0 Å². The van der Waals surface area contributed by atoms with Crippen LogP contribution in [0.3, 0.4) is 0 Å². The summed E-state index contributed by atoms with van der Waals surface area (Å²) in [6, 6.07) is 0. The molecule has 0 rings (SSSR count). The first kappa shape index (κ1) is 16.3. The fourth-order valence-electron chi connectivity index (χ4n) is 0. The van der Waals surface area contributed by atoms with Crippen LogP contribution in [0.1, 0.15) is 0 Å². The molecule has 7 heteroatoms. The first-order valence-corrected chi connectivity index (χ1v) is 2.19. The Kier molecular flexibility index (Phi) is 15.6. The van der Waals surface area contributed by atoms with Crippen molar-refractivity contribution >= 4 is 53.3 Å². The van der Waals surface area contributed by atoms with Gasteiger partial charge in [-0.05, 0) is 0 Å². The minimum atomic E-state index is -5.39. The van der Waals surface area contributed by atoms with Gasteiger partial charge in [0.1, 0.15) is 0 Å². The molecule has 0 aromatic rings. The smallest absolute Gasteiger partial charge is 0.822 e. The molecule has 4 nitrogen and oxygen atoms in total. The van der Waals surface area contributed by atoms with Crippen molar-refractivity contribution in [1.29, 1.82) is 0 Å². The molecule has 0 aromatic heterocycles. The molecule has 32 valence electrons. The maximum Gasteiger partial charge on any atom is 2.00 e. The molecule has 0 amide bonds. The van der Waals surface area contributed by atoms with Gasteiger partial charge in [0.2, 0.25) is 0 Å². The molecule has 0 atom stereocenters. The van der Waals surface area contributed by atoms with Crippen LogP contribution in [0.5, 0.6) is 0 Å². The van der Waals surface area contributed by atoms with Crippen LogP contribution in [0.4, 0.5) is 0 Å². The number of rotatable bonds is 0. The number of hydrogen-bond acceptors (Lipinski definition) is 4. The Balaban J connectivity index is -0.0000000800. The van der Waals surface area contributed by atoms with E-state index in [4.69, 9.17) is 19.2 Å². The van der Waals surface area contributed by atoms with Gasteiger partial charge in [-0.15, -0.1) is 0 Å². The molecule has 0 radical (unpaired) electrons. The predicted octanol–water partition coefficient (Wildman–Crippen LogP) is -6.20. The van der Waals surface area contributed by atoms with Crippen LogP contribution in [0.2, 0.25) is 0 Å². The Labute approximate surface area is 100 Å². The van der Waals surface area contributed by atoms with E-state index in [9.17, 15) is 0 Å². The largest absolute Gasteiger partial charge is 2.00 e. The molecule has 0 unspecified atom stereocenters. The third kappa shape index (κ3) is 55.6. The van der Waals surface area contributed by atoms with Crippen LogP contribution in [0.25, 0.3) is 0 Å². The minimum Gasteiger partial charge on any atom is -0.822 e. The van der Waals surface area contributed by atoms with Gasteiger partial charge < -0.3 is 19.2 Å². The second-order valence-corrected chi connectivity index (χ2v) is 1.34. The quantitative estimate of drug-likeness (QED) is 0.291. The summed E-state index contributed by atoms with van der Waals surface area (Å²) in [4.78, 5) is 25.6. The van der Waals surface area contributed by atoms with Gasteiger partial charge in [-0.3, -0.25) is 0 Å². The molecule has 0 heterocycles. The number of phosphoric acid groups is 1. The molecule has 7 heavy (non-hydrogen) atoms. The van der Waals surface area contributed by atoms with Crippen LogP contribution in [0.15, 0.2) is 0 Å². The van der Waals surface area contributed by atoms with Crippen molar-refractivity contribution in [2.75, 3.05) is 0 Å². The van der Waals surface area contributed by atoms with Crippen molar-refractivity contribution in [1.82, 2.24) is 0 Å². The predicted molar refractivity (Wildman–Crippen MR) is 13.4 cm³/mol. The van der Waals surface area contributed by atoms with Gasteiger partial charge in [-0.25, -0.2) is 0 Å². The summed E-state index contributed by atoms with van der Waals surface area (Å²) in [6.07, 6.45) is 0. The zero-order valence-corrected chi connectivity index (χ0v) is 10.2. The summed E-state index contributed by atoms with van der Waals surface area (Å²) in [6.45, 7) is 0. The molecule has 0 aliphatic rings. The van der Waals surface area contributed by atoms with Gasteiger partial charge in [0.15, 0.2) is 0 Å². The van der Waals surface area contributed by atoms with E-state index in [1.807, 2.05) is 0 Å². The van der Waals surface area contributed by atoms with Gasteiger partial charge in [-0.2, -0.15) is 7.82 Å². The molecule has 0 fully saturated rings. The first-order valence-electron chi connectivity index (χ1n) is 0.730. The first-order chi connectivity index (χ1) is 2.00. The average Bonchev–Trinajstić information content (AvgIpc) is 0.722. The molecule has 0 bridgehead atoms. The summed E-state index contributed by atoms with van der Waals surface area (Å²) in [5.74, 6) is 0. The molecule has 0 N–H and O–H groups in total. The van der Waals surface area contributed by atoms with Crippen LogP contribution >= 0.6 is 7.82 Å². The zero-order chi connectivity index (χ0) is 4.50. The normalized spacial score (nSPS) is 8.43. The van der Waals surface area contributed by atoms with Crippen molar-refractivity contribution < 1.29 is 48.8 Å². The van der Waals surface area contributed by atoms with E-state index in [1.165, 1.54) is 0 Å². The topological polar surface area (TPSA) is 86.2 Å². The van der Waals surface area contributed by atoms with Gasteiger partial charge in [0.25, 0.3) is 0 Å².